The van der Waals surface area contributed by atoms with Crippen LogP contribution < -0.4 is 10.3 Å². The van der Waals surface area contributed by atoms with Gasteiger partial charge in [0, 0.05) is 11.8 Å². The van der Waals surface area contributed by atoms with Gasteiger partial charge in [0.25, 0.3) is 5.56 Å². The maximum absolute atomic E-state index is 13.4. The number of rotatable bonds is 5. The summed E-state index contributed by atoms with van der Waals surface area (Å²) in [5, 5.41) is 3.15. The van der Waals surface area contributed by atoms with E-state index < -0.39 is 0 Å². The Bertz CT molecular complexity index is 1240. The molecule has 0 aliphatic carbocycles. The minimum absolute atomic E-state index is 0.280. The first-order chi connectivity index (χ1) is 14.6. The zero-order valence-electron chi connectivity index (χ0n) is 16.5. The maximum Gasteiger partial charge on any atom is 0.280 e. The van der Waals surface area contributed by atoms with Gasteiger partial charge in [-0.15, -0.1) is 0 Å². The second-order valence-electron chi connectivity index (χ2n) is 6.62. The lowest BCUT2D eigenvalue weighted by atomic mass is 10.0. The molecule has 0 fully saturated rings. The summed E-state index contributed by atoms with van der Waals surface area (Å²) in [6, 6.07) is 16.7. The van der Waals surface area contributed by atoms with Crippen molar-refractivity contribution >= 4 is 11.4 Å². The lowest BCUT2D eigenvalue weighted by molar-refractivity contribution is 0.415. The van der Waals surface area contributed by atoms with E-state index >= 15 is 0 Å². The standard InChI is InChI=1S/C23H19FN4O2/c1-15(26-18-4-3-13-25-14-18)21-22(16-5-11-20(30-2)12-6-16)27-28(23(21)29)19-9-7-17(24)8-10-19/h3-14,27H,1-2H3. The molecule has 0 bridgehead atoms. The van der Waals surface area contributed by atoms with Crippen LogP contribution in [-0.2, 0) is 0 Å². The van der Waals surface area contributed by atoms with Crippen LogP contribution in [0.2, 0.25) is 0 Å². The zero-order valence-corrected chi connectivity index (χ0v) is 16.5. The summed E-state index contributed by atoms with van der Waals surface area (Å²) in [6.07, 6.45) is 3.29. The van der Waals surface area contributed by atoms with Gasteiger partial charge in [-0.25, -0.2) is 9.07 Å². The smallest absolute Gasteiger partial charge is 0.280 e. The molecule has 0 saturated heterocycles. The number of pyridine rings is 1. The Morgan fingerprint density at radius 1 is 1.10 bits per heavy atom. The van der Waals surface area contributed by atoms with E-state index in [1.165, 1.54) is 16.8 Å². The molecule has 0 saturated carbocycles. The van der Waals surface area contributed by atoms with Crippen LogP contribution in [0.1, 0.15) is 12.5 Å². The Morgan fingerprint density at radius 3 is 2.47 bits per heavy atom. The highest BCUT2D eigenvalue weighted by atomic mass is 19.1. The number of benzene rings is 2. The Kier molecular flexibility index (Phi) is 5.26. The Labute approximate surface area is 172 Å². The number of aromatic amines is 1. The summed E-state index contributed by atoms with van der Waals surface area (Å²) in [4.78, 5) is 22.0. The minimum atomic E-state index is -0.372. The summed E-state index contributed by atoms with van der Waals surface area (Å²) < 4.78 is 20.0. The highest BCUT2D eigenvalue weighted by Crippen LogP contribution is 2.25. The van der Waals surface area contributed by atoms with Crippen LogP contribution >= 0.6 is 0 Å². The molecule has 2 aromatic heterocycles. The summed E-state index contributed by atoms with van der Waals surface area (Å²) >= 11 is 0. The molecule has 0 unspecified atom stereocenters. The van der Waals surface area contributed by atoms with Crippen molar-refractivity contribution in [1.82, 2.24) is 14.8 Å². The van der Waals surface area contributed by atoms with Gasteiger partial charge in [-0.2, -0.15) is 0 Å². The Morgan fingerprint density at radius 2 is 1.83 bits per heavy atom. The number of hydrogen-bond donors (Lipinski definition) is 1. The number of hydrogen-bond acceptors (Lipinski definition) is 4. The molecule has 2 heterocycles. The van der Waals surface area contributed by atoms with E-state index in [9.17, 15) is 9.18 Å². The Hall–Kier alpha value is -4.00. The van der Waals surface area contributed by atoms with E-state index in [1.54, 1.807) is 44.6 Å². The van der Waals surface area contributed by atoms with E-state index in [0.29, 0.717) is 34.1 Å². The van der Waals surface area contributed by atoms with Gasteiger partial charge >= 0.3 is 0 Å². The van der Waals surface area contributed by atoms with Crippen LogP contribution in [0.25, 0.3) is 16.9 Å². The van der Waals surface area contributed by atoms with Crippen LogP contribution in [0, 0.1) is 5.82 Å². The third kappa shape index (κ3) is 3.77. The van der Waals surface area contributed by atoms with Gasteiger partial charge in [0.2, 0.25) is 0 Å². The fourth-order valence-electron chi connectivity index (χ4n) is 3.18. The monoisotopic (exact) mass is 402 g/mol. The Balaban J connectivity index is 1.90. The second-order valence-corrected chi connectivity index (χ2v) is 6.62. The van der Waals surface area contributed by atoms with Crippen molar-refractivity contribution in [2.24, 2.45) is 4.99 Å². The molecule has 4 rings (SSSR count). The average Bonchev–Trinajstić information content (AvgIpc) is 3.12. The minimum Gasteiger partial charge on any atom is -0.497 e. The number of nitrogens with zero attached hydrogens (tertiary/aromatic N) is 3. The molecule has 30 heavy (non-hydrogen) atoms. The summed E-state index contributed by atoms with van der Waals surface area (Å²) in [5.74, 6) is 0.338. The molecule has 1 N–H and O–H groups in total. The molecule has 0 amide bonds. The van der Waals surface area contributed by atoms with Gasteiger partial charge in [0.05, 0.1) is 41.7 Å². The molecule has 7 heteroatoms. The second kappa shape index (κ2) is 8.16. The van der Waals surface area contributed by atoms with Gasteiger partial charge in [0.15, 0.2) is 0 Å². The van der Waals surface area contributed by atoms with Gasteiger partial charge in [-0.05, 0) is 67.6 Å². The molecular formula is C23H19FN4O2. The molecule has 2 aromatic carbocycles. The third-order valence-corrected chi connectivity index (χ3v) is 4.66. The molecule has 0 aliphatic heterocycles. The van der Waals surface area contributed by atoms with Gasteiger partial charge in [-0.3, -0.25) is 19.9 Å². The summed E-state index contributed by atoms with van der Waals surface area (Å²) in [7, 11) is 1.60. The number of aromatic nitrogens is 3. The van der Waals surface area contributed by atoms with E-state index in [1.807, 2.05) is 30.3 Å². The summed E-state index contributed by atoms with van der Waals surface area (Å²) in [5.41, 5.74) is 3.25. The van der Waals surface area contributed by atoms with E-state index in [-0.39, 0.29) is 11.4 Å². The van der Waals surface area contributed by atoms with Crippen molar-refractivity contribution in [2.45, 2.75) is 6.92 Å². The number of methoxy groups -OCH3 is 1. The first-order valence-electron chi connectivity index (χ1n) is 9.28. The van der Waals surface area contributed by atoms with Gasteiger partial charge in [-0.1, -0.05) is 0 Å². The largest absolute Gasteiger partial charge is 0.497 e. The van der Waals surface area contributed by atoms with Crippen molar-refractivity contribution < 1.29 is 9.13 Å². The van der Waals surface area contributed by atoms with Crippen molar-refractivity contribution in [3.63, 3.8) is 0 Å². The van der Waals surface area contributed by atoms with Gasteiger partial charge in [0.1, 0.15) is 11.6 Å². The third-order valence-electron chi connectivity index (χ3n) is 4.66. The highest BCUT2D eigenvalue weighted by Gasteiger charge is 2.19. The maximum atomic E-state index is 13.4. The van der Waals surface area contributed by atoms with E-state index in [2.05, 4.69) is 15.1 Å². The summed E-state index contributed by atoms with van der Waals surface area (Å²) in [6.45, 7) is 1.78. The topological polar surface area (TPSA) is 72.3 Å². The van der Waals surface area contributed by atoms with Crippen LogP contribution in [0.15, 0.2) is 82.8 Å². The lowest BCUT2D eigenvalue weighted by Gasteiger charge is -2.05. The van der Waals surface area contributed by atoms with Crippen molar-refractivity contribution in [3.8, 4) is 22.7 Å². The molecule has 6 nitrogen and oxygen atoms in total. The molecule has 4 aromatic rings. The van der Waals surface area contributed by atoms with Gasteiger partial charge < -0.3 is 4.74 Å². The van der Waals surface area contributed by atoms with Crippen molar-refractivity contribution in [1.29, 1.82) is 0 Å². The predicted octanol–water partition coefficient (Wildman–Crippen LogP) is 4.52. The van der Waals surface area contributed by atoms with Crippen molar-refractivity contribution in [2.75, 3.05) is 7.11 Å². The zero-order chi connectivity index (χ0) is 21.1. The normalized spacial score (nSPS) is 11.5. The molecule has 0 spiro atoms. The van der Waals surface area contributed by atoms with Crippen LogP contribution in [-0.4, -0.2) is 27.6 Å². The van der Waals surface area contributed by atoms with Crippen LogP contribution in [0.5, 0.6) is 5.75 Å². The average molecular weight is 402 g/mol. The number of aliphatic imine (C=N–C) groups is 1. The number of nitrogens with one attached hydrogen (secondary N) is 1. The quantitative estimate of drug-likeness (QED) is 0.499. The fraction of sp³-hybridized carbons (Fsp3) is 0.0870. The first-order valence-corrected chi connectivity index (χ1v) is 9.28. The SMILES string of the molecule is COc1ccc(-c2[nH]n(-c3ccc(F)cc3)c(=O)c2C(C)=Nc2cccnc2)cc1. The van der Waals surface area contributed by atoms with E-state index in [0.717, 1.165) is 5.56 Å². The molecule has 150 valence electrons. The lowest BCUT2D eigenvalue weighted by Crippen LogP contribution is -2.19. The van der Waals surface area contributed by atoms with Crippen molar-refractivity contribution in [3.05, 3.63) is 94.8 Å². The molecule has 0 radical (unpaired) electrons. The molecule has 0 aliphatic rings. The van der Waals surface area contributed by atoms with Crippen LogP contribution in [0.3, 0.4) is 0 Å². The van der Waals surface area contributed by atoms with Crippen LogP contribution in [0.4, 0.5) is 10.1 Å². The molecule has 0 atom stereocenters. The molecular weight excluding hydrogens is 383 g/mol. The number of ether oxygens (including phenoxy) is 1. The van der Waals surface area contributed by atoms with E-state index in [4.69, 9.17) is 4.74 Å². The number of H-pyrrole nitrogens is 1. The number of halogens is 1. The highest BCUT2D eigenvalue weighted by molar-refractivity contribution is 6.04. The first kappa shape index (κ1) is 19.3. The fourth-order valence-corrected chi connectivity index (χ4v) is 3.18. The predicted molar refractivity (Wildman–Crippen MR) is 114 cm³/mol.